The molecule has 9 heteroatoms. The molecule has 1 aromatic rings. The Hall–Kier alpha value is -1.71. The quantitative estimate of drug-likeness (QED) is 0.573. The first-order valence-corrected chi connectivity index (χ1v) is 6.92. The van der Waals surface area contributed by atoms with Crippen LogP contribution in [0.4, 0.5) is 4.79 Å². The smallest absolute Gasteiger partial charge is 0.355 e. The van der Waals surface area contributed by atoms with Gasteiger partial charge >= 0.3 is 12.0 Å². The Bertz CT molecular complexity index is 496. The molecule has 0 aliphatic carbocycles. The van der Waals surface area contributed by atoms with Crippen LogP contribution < -0.4 is 5.32 Å². The number of urea groups is 1. The van der Waals surface area contributed by atoms with Crippen molar-refractivity contribution >= 4 is 23.3 Å². The van der Waals surface area contributed by atoms with Gasteiger partial charge < -0.3 is 25.5 Å². The number of nitrogens with one attached hydrogen (secondary N) is 1. The fourth-order valence-corrected chi connectivity index (χ4v) is 2.62. The van der Waals surface area contributed by atoms with Crippen molar-refractivity contribution in [3.63, 3.8) is 0 Å². The predicted molar refractivity (Wildman–Crippen MR) is 69.8 cm³/mol. The minimum atomic E-state index is -1.07. The maximum Gasteiger partial charge on any atom is 0.355 e. The molecule has 8 nitrogen and oxygen atoms in total. The summed E-state index contributed by atoms with van der Waals surface area (Å²) in [6, 6.07) is -0.365. The van der Waals surface area contributed by atoms with Crippen molar-refractivity contribution in [2.24, 2.45) is 0 Å². The summed E-state index contributed by atoms with van der Waals surface area (Å²) in [6.07, 6.45) is -1.38. The molecule has 4 N–H and O–H groups in total. The van der Waals surface area contributed by atoms with Crippen molar-refractivity contribution in [1.82, 2.24) is 15.2 Å². The van der Waals surface area contributed by atoms with E-state index in [-0.39, 0.29) is 24.8 Å². The van der Waals surface area contributed by atoms with E-state index < -0.39 is 18.2 Å². The fourth-order valence-electron chi connectivity index (χ4n) is 1.85. The van der Waals surface area contributed by atoms with Crippen LogP contribution in [0.25, 0.3) is 0 Å². The lowest BCUT2D eigenvalue weighted by atomic mass is 10.3. The summed E-state index contributed by atoms with van der Waals surface area (Å²) in [6.45, 7) is 0.523. The van der Waals surface area contributed by atoms with E-state index in [9.17, 15) is 19.8 Å². The van der Waals surface area contributed by atoms with E-state index in [0.717, 1.165) is 0 Å². The second-order valence-electron chi connectivity index (χ2n) is 4.45. The van der Waals surface area contributed by atoms with E-state index in [0.29, 0.717) is 18.0 Å². The number of nitrogens with zero attached hydrogens (tertiary/aromatic N) is 2. The van der Waals surface area contributed by atoms with E-state index in [4.69, 9.17) is 5.11 Å². The molecule has 110 valence electrons. The molecule has 1 aromatic heterocycles. The zero-order chi connectivity index (χ0) is 14.7. The summed E-state index contributed by atoms with van der Waals surface area (Å²) in [7, 11) is 0. The van der Waals surface area contributed by atoms with Gasteiger partial charge in [0.25, 0.3) is 0 Å². The van der Waals surface area contributed by atoms with Crippen molar-refractivity contribution in [3.8, 4) is 0 Å². The molecule has 0 spiro atoms. The van der Waals surface area contributed by atoms with Gasteiger partial charge in [0.1, 0.15) is 0 Å². The largest absolute Gasteiger partial charge is 0.476 e. The van der Waals surface area contributed by atoms with Gasteiger partial charge in [0.15, 0.2) is 5.69 Å². The van der Waals surface area contributed by atoms with Crippen LogP contribution in [0.3, 0.4) is 0 Å². The van der Waals surface area contributed by atoms with E-state index in [1.807, 2.05) is 0 Å². The first-order valence-electron chi connectivity index (χ1n) is 6.04. The van der Waals surface area contributed by atoms with E-state index in [1.165, 1.54) is 21.6 Å². The number of aromatic nitrogens is 1. The second-order valence-corrected chi connectivity index (χ2v) is 5.40. The van der Waals surface area contributed by atoms with Crippen LogP contribution in [-0.2, 0) is 6.42 Å². The number of carbonyl (C=O) groups excluding carboxylic acids is 1. The van der Waals surface area contributed by atoms with Crippen LogP contribution in [-0.4, -0.2) is 69.0 Å². The zero-order valence-electron chi connectivity index (χ0n) is 10.5. The molecule has 2 unspecified atom stereocenters. The van der Waals surface area contributed by atoms with E-state index >= 15 is 0 Å². The number of rotatable bonds is 4. The molecule has 0 bridgehead atoms. The third kappa shape index (κ3) is 3.44. The Labute approximate surface area is 118 Å². The van der Waals surface area contributed by atoms with Crippen LogP contribution in [0, 0.1) is 0 Å². The van der Waals surface area contributed by atoms with Gasteiger partial charge in [-0.1, -0.05) is 0 Å². The van der Waals surface area contributed by atoms with Crippen LogP contribution in [0.15, 0.2) is 5.38 Å². The first kappa shape index (κ1) is 14.7. The Morgan fingerprint density at radius 2 is 2.05 bits per heavy atom. The molecule has 2 amide bonds. The number of carboxylic acids is 1. The SMILES string of the molecule is O=C(O)c1csc(CCNC(=O)N2CC(O)C(O)C2)n1. The second kappa shape index (κ2) is 6.16. The van der Waals surface area contributed by atoms with Crippen LogP contribution in [0.2, 0.25) is 0 Å². The van der Waals surface area contributed by atoms with Crippen molar-refractivity contribution in [2.75, 3.05) is 19.6 Å². The van der Waals surface area contributed by atoms with Gasteiger partial charge in [-0.3, -0.25) is 0 Å². The number of carbonyl (C=O) groups is 2. The molecule has 2 heterocycles. The number of aliphatic hydroxyl groups excluding tert-OH is 2. The molecular weight excluding hydrogens is 286 g/mol. The molecule has 1 aliphatic rings. The number of carboxylic acid groups (broad SMARTS) is 1. The monoisotopic (exact) mass is 301 g/mol. The van der Waals surface area contributed by atoms with Gasteiger partial charge in [-0.05, 0) is 0 Å². The molecule has 2 atom stereocenters. The summed E-state index contributed by atoms with van der Waals surface area (Å²) >= 11 is 1.23. The van der Waals surface area contributed by atoms with Crippen LogP contribution in [0.5, 0.6) is 0 Å². The Kier molecular flexibility index (Phi) is 4.53. The maximum absolute atomic E-state index is 11.7. The molecule has 0 aromatic carbocycles. The molecule has 1 saturated heterocycles. The van der Waals surface area contributed by atoms with Crippen LogP contribution in [0.1, 0.15) is 15.5 Å². The Balaban J connectivity index is 1.75. The lowest BCUT2D eigenvalue weighted by molar-refractivity contribution is 0.0572. The van der Waals surface area contributed by atoms with Gasteiger partial charge in [0.05, 0.1) is 30.3 Å². The van der Waals surface area contributed by atoms with Gasteiger partial charge in [-0.2, -0.15) is 0 Å². The average molecular weight is 301 g/mol. The molecule has 0 saturated carbocycles. The lowest BCUT2D eigenvalue weighted by Crippen LogP contribution is -2.40. The third-order valence-corrected chi connectivity index (χ3v) is 3.84. The third-order valence-electron chi connectivity index (χ3n) is 2.93. The normalized spacial score (nSPS) is 22.0. The minimum absolute atomic E-state index is 0.00196. The number of β-amino-alcohol motifs (C(OH)–C–C–N with tert-alkyl or cyclic N) is 2. The molecular formula is C11H15N3O5S. The van der Waals surface area contributed by atoms with E-state index in [1.54, 1.807) is 0 Å². The lowest BCUT2D eigenvalue weighted by Gasteiger charge is -2.15. The Morgan fingerprint density at radius 1 is 1.40 bits per heavy atom. The molecule has 1 aliphatic heterocycles. The van der Waals surface area contributed by atoms with Crippen LogP contribution >= 0.6 is 11.3 Å². The zero-order valence-corrected chi connectivity index (χ0v) is 11.3. The summed E-state index contributed by atoms with van der Waals surface area (Å²) in [5.74, 6) is -1.07. The highest BCUT2D eigenvalue weighted by molar-refractivity contribution is 7.09. The Morgan fingerprint density at radius 3 is 2.60 bits per heavy atom. The summed E-state index contributed by atoms with van der Waals surface area (Å²) < 4.78 is 0. The van der Waals surface area contributed by atoms with Gasteiger partial charge in [-0.25, -0.2) is 14.6 Å². The standard InChI is InChI=1S/C11H15N3O5S/c15-7-3-14(4-8(7)16)11(19)12-2-1-9-13-6(5-20-9)10(17)18/h5,7-8,15-16H,1-4H2,(H,12,19)(H,17,18). The molecule has 0 radical (unpaired) electrons. The van der Waals surface area contributed by atoms with Crippen molar-refractivity contribution in [2.45, 2.75) is 18.6 Å². The number of aromatic carboxylic acids is 1. The number of aliphatic hydroxyl groups is 2. The van der Waals surface area contributed by atoms with Gasteiger partial charge in [0.2, 0.25) is 0 Å². The molecule has 2 rings (SSSR count). The summed E-state index contributed by atoms with van der Waals surface area (Å²) in [5.41, 5.74) is 0.00196. The minimum Gasteiger partial charge on any atom is -0.476 e. The number of hydrogen-bond donors (Lipinski definition) is 4. The van der Waals surface area contributed by atoms with Gasteiger partial charge in [-0.15, -0.1) is 11.3 Å². The van der Waals surface area contributed by atoms with Gasteiger partial charge in [0, 0.05) is 18.3 Å². The van der Waals surface area contributed by atoms with E-state index in [2.05, 4.69) is 10.3 Å². The number of amides is 2. The topological polar surface area (TPSA) is 123 Å². The summed E-state index contributed by atoms with van der Waals surface area (Å²) in [5, 5.41) is 32.1. The highest BCUT2D eigenvalue weighted by Crippen LogP contribution is 2.11. The average Bonchev–Trinajstić information content (AvgIpc) is 2.98. The van der Waals surface area contributed by atoms with Crippen molar-refractivity contribution in [3.05, 3.63) is 16.1 Å². The fraction of sp³-hybridized carbons (Fsp3) is 0.545. The maximum atomic E-state index is 11.7. The summed E-state index contributed by atoms with van der Waals surface area (Å²) in [4.78, 5) is 27.6. The van der Waals surface area contributed by atoms with Crippen molar-refractivity contribution in [1.29, 1.82) is 0 Å². The molecule has 20 heavy (non-hydrogen) atoms. The predicted octanol–water partition coefficient (Wildman–Crippen LogP) is -0.869. The number of likely N-dealkylation sites (tertiary alicyclic amines) is 1. The first-order chi connectivity index (χ1) is 9.47. The highest BCUT2D eigenvalue weighted by Gasteiger charge is 2.32. The molecule has 1 fully saturated rings. The number of hydrogen-bond acceptors (Lipinski definition) is 6. The van der Waals surface area contributed by atoms with Crippen molar-refractivity contribution < 1.29 is 24.9 Å². The highest BCUT2D eigenvalue weighted by atomic mass is 32.1. The number of thiazole rings is 1.